The standard InChI is InChI=1S/C9H16N2O2S2.ClH/c1-7-6-8(2)14-9(7)15(12,13)11-5-4-10-3;/h6,10-11H,4-5H2,1-3H3;1H. The minimum absolute atomic E-state index is 0. The molecule has 1 aromatic heterocycles. The summed E-state index contributed by atoms with van der Waals surface area (Å²) >= 11 is 1.31. The molecular weight excluding hydrogens is 268 g/mol. The van der Waals surface area contributed by atoms with Crippen molar-refractivity contribution in [1.82, 2.24) is 10.0 Å². The number of sulfonamides is 1. The molecule has 0 aliphatic heterocycles. The zero-order valence-corrected chi connectivity index (χ0v) is 12.0. The molecule has 0 aliphatic rings. The van der Waals surface area contributed by atoms with E-state index < -0.39 is 10.0 Å². The van der Waals surface area contributed by atoms with Gasteiger partial charge in [-0.2, -0.15) is 0 Å². The maximum absolute atomic E-state index is 11.8. The van der Waals surface area contributed by atoms with Crippen molar-refractivity contribution in [2.24, 2.45) is 0 Å². The average molecular weight is 285 g/mol. The van der Waals surface area contributed by atoms with E-state index in [2.05, 4.69) is 10.0 Å². The molecule has 0 amide bonds. The van der Waals surface area contributed by atoms with Crippen LogP contribution in [-0.2, 0) is 10.0 Å². The van der Waals surface area contributed by atoms with Crippen LogP contribution in [0.2, 0.25) is 0 Å². The van der Waals surface area contributed by atoms with Gasteiger partial charge in [-0.05, 0) is 32.5 Å². The molecular formula is C9H17ClN2O2S2. The number of thiophene rings is 1. The lowest BCUT2D eigenvalue weighted by Crippen LogP contribution is -2.30. The highest BCUT2D eigenvalue weighted by Gasteiger charge is 2.18. The van der Waals surface area contributed by atoms with Gasteiger partial charge in [0.2, 0.25) is 10.0 Å². The summed E-state index contributed by atoms with van der Waals surface area (Å²) < 4.78 is 26.6. The maximum atomic E-state index is 11.8. The maximum Gasteiger partial charge on any atom is 0.250 e. The number of aryl methyl sites for hydroxylation is 2. The Balaban J connectivity index is 0.00000225. The first kappa shape index (κ1) is 15.9. The Kier molecular flexibility index (Phi) is 6.50. The van der Waals surface area contributed by atoms with Gasteiger partial charge in [-0.15, -0.1) is 23.7 Å². The van der Waals surface area contributed by atoms with Crippen molar-refractivity contribution in [1.29, 1.82) is 0 Å². The summed E-state index contributed by atoms with van der Waals surface area (Å²) in [7, 11) is -1.53. The summed E-state index contributed by atoms with van der Waals surface area (Å²) in [5, 5.41) is 2.89. The van der Waals surface area contributed by atoms with Gasteiger partial charge in [0.05, 0.1) is 0 Å². The summed E-state index contributed by atoms with van der Waals surface area (Å²) in [4.78, 5) is 1.02. The first-order valence-electron chi connectivity index (χ1n) is 4.68. The van der Waals surface area contributed by atoms with E-state index in [1.807, 2.05) is 19.9 Å². The molecule has 1 heterocycles. The largest absolute Gasteiger partial charge is 0.318 e. The van der Waals surface area contributed by atoms with Crippen LogP contribution < -0.4 is 10.0 Å². The summed E-state index contributed by atoms with van der Waals surface area (Å²) in [6, 6.07) is 1.89. The fraction of sp³-hybridized carbons (Fsp3) is 0.556. The fourth-order valence-corrected chi connectivity index (χ4v) is 4.01. The average Bonchev–Trinajstić information content (AvgIpc) is 2.46. The zero-order valence-electron chi connectivity index (χ0n) is 9.53. The minimum atomic E-state index is -3.31. The van der Waals surface area contributed by atoms with Crippen molar-refractivity contribution in [3.63, 3.8) is 0 Å². The number of hydrogen-bond acceptors (Lipinski definition) is 4. The molecule has 0 aliphatic carbocycles. The van der Waals surface area contributed by atoms with E-state index in [0.29, 0.717) is 17.3 Å². The number of nitrogens with one attached hydrogen (secondary N) is 2. The Bertz CT molecular complexity index is 429. The van der Waals surface area contributed by atoms with Crippen LogP contribution in [0.4, 0.5) is 0 Å². The van der Waals surface area contributed by atoms with Crippen LogP contribution in [0.5, 0.6) is 0 Å². The Morgan fingerprint density at radius 2 is 1.94 bits per heavy atom. The van der Waals surface area contributed by atoms with Crippen molar-refractivity contribution in [2.75, 3.05) is 20.1 Å². The van der Waals surface area contributed by atoms with Crippen LogP contribution in [-0.4, -0.2) is 28.6 Å². The van der Waals surface area contributed by atoms with Crippen molar-refractivity contribution in [2.45, 2.75) is 18.1 Å². The van der Waals surface area contributed by atoms with Crippen LogP contribution in [0, 0.1) is 13.8 Å². The molecule has 0 saturated heterocycles. The van der Waals surface area contributed by atoms with Crippen LogP contribution in [0.3, 0.4) is 0 Å². The third kappa shape index (κ3) is 4.03. The fourth-order valence-electron chi connectivity index (χ4n) is 1.26. The predicted octanol–water partition coefficient (Wildman–Crippen LogP) is 1.28. The van der Waals surface area contributed by atoms with Crippen molar-refractivity contribution in [3.8, 4) is 0 Å². The Morgan fingerprint density at radius 1 is 1.31 bits per heavy atom. The lowest BCUT2D eigenvalue weighted by Gasteiger charge is -2.04. The van der Waals surface area contributed by atoms with Gasteiger partial charge in [-0.1, -0.05) is 0 Å². The third-order valence-corrected chi connectivity index (χ3v) is 5.16. The van der Waals surface area contributed by atoms with Gasteiger partial charge >= 0.3 is 0 Å². The number of rotatable bonds is 5. The van der Waals surface area contributed by atoms with Crippen LogP contribution in [0.25, 0.3) is 0 Å². The molecule has 16 heavy (non-hydrogen) atoms. The quantitative estimate of drug-likeness (QED) is 0.801. The van der Waals surface area contributed by atoms with Gasteiger partial charge in [0.25, 0.3) is 0 Å². The van der Waals surface area contributed by atoms with E-state index in [0.717, 1.165) is 10.4 Å². The molecule has 0 aromatic carbocycles. The van der Waals surface area contributed by atoms with Gasteiger partial charge in [0, 0.05) is 18.0 Å². The molecule has 0 saturated carbocycles. The minimum Gasteiger partial charge on any atom is -0.318 e. The van der Waals surface area contributed by atoms with E-state index in [9.17, 15) is 8.42 Å². The monoisotopic (exact) mass is 284 g/mol. The first-order valence-corrected chi connectivity index (χ1v) is 6.98. The molecule has 0 unspecified atom stereocenters. The Morgan fingerprint density at radius 3 is 2.38 bits per heavy atom. The Labute approximate surface area is 107 Å². The van der Waals surface area contributed by atoms with E-state index in [-0.39, 0.29) is 12.4 Å². The van der Waals surface area contributed by atoms with Crippen LogP contribution in [0.1, 0.15) is 10.4 Å². The molecule has 0 spiro atoms. The molecule has 0 bridgehead atoms. The molecule has 94 valence electrons. The predicted molar refractivity (Wildman–Crippen MR) is 70.2 cm³/mol. The second kappa shape index (κ2) is 6.56. The van der Waals surface area contributed by atoms with E-state index in [1.54, 1.807) is 7.05 Å². The number of likely N-dealkylation sites (N-methyl/N-ethyl adjacent to an activating group) is 1. The second-order valence-corrected chi connectivity index (χ2v) is 6.55. The van der Waals surface area contributed by atoms with Gasteiger partial charge in [0.1, 0.15) is 4.21 Å². The number of halogens is 1. The highest BCUT2D eigenvalue weighted by Crippen LogP contribution is 2.25. The van der Waals surface area contributed by atoms with Gasteiger partial charge in [0.15, 0.2) is 0 Å². The molecule has 0 radical (unpaired) electrons. The van der Waals surface area contributed by atoms with Crippen LogP contribution in [0.15, 0.2) is 10.3 Å². The highest BCUT2D eigenvalue weighted by atomic mass is 35.5. The summed E-state index contributed by atoms with van der Waals surface area (Å²) in [5.74, 6) is 0. The summed E-state index contributed by atoms with van der Waals surface area (Å²) in [5.41, 5.74) is 0.814. The lowest BCUT2D eigenvalue weighted by molar-refractivity contribution is 0.581. The Hall–Kier alpha value is -0.140. The third-order valence-electron chi connectivity index (χ3n) is 1.91. The van der Waals surface area contributed by atoms with Gasteiger partial charge in [-0.3, -0.25) is 0 Å². The SMILES string of the molecule is CNCCNS(=O)(=O)c1sc(C)cc1C.Cl. The topological polar surface area (TPSA) is 58.2 Å². The van der Waals surface area contributed by atoms with Gasteiger partial charge in [-0.25, -0.2) is 13.1 Å². The van der Waals surface area contributed by atoms with E-state index in [1.165, 1.54) is 11.3 Å². The molecule has 7 heteroatoms. The molecule has 0 atom stereocenters. The van der Waals surface area contributed by atoms with Crippen molar-refractivity contribution < 1.29 is 8.42 Å². The van der Waals surface area contributed by atoms with Gasteiger partial charge < -0.3 is 5.32 Å². The highest BCUT2D eigenvalue weighted by molar-refractivity contribution is 7.91. The van der Waals surface area contributed by atoms with Crippen molar-refractivity contribution in [3.05, 3.63) is 16.5 Å². The smallest absolute Gasteiger partial charge is 0.250 e. The normalized spacial score (nSPS) is 11.2. The van der Waals surface area contributed by atoms with E-state index in [4.69, 9.17) is 0 Å². The first-order chi connectivity index (χ1) is 6.97. The van der Waals surface area contributed by atoms with E-state index >= 15 is 0 Å². The zero-order chi connectivity index (χ0) is 11.5. The molecule has 4 nitrogen and oxygen atoms in total. The molecule has 2 N–H and O–H groups in total. The number of hydrogen-bond donors (Lipinski definition) is 2. The molecule has 1 aromatic rings. The molecule has 1 rings (SSSR count). The molecule has 0 fully saturated rings. The summed E-state index contributed by atoms with van der Waals surface area (Å²) in [6.45, 7) is 4.76. The van der Waals surface area contributed by atoms with Crippen LogP contribution >= 0.6 is 23.7 Å². The second-order valence-electron chi connectivity index (χ2n) is 3.33. The lowest BCUT2D eigenvalue weighted by atomic mass is 10.4. The summed E-state index contributed by atoms with van der Waals surface area (Å²) in [6.07, 6.45) is 0. The van der Waals surface area contributed by atoms with Crippen molar-refractivity contribution >= 4 is 33.8 Å².